The number of aliphatic hydroxyl groups is 1. The van der Waals surface area contributed by atoms with Crippen LogP contribution in [0.25, 0.3) is 0 Å². The van der Waals surface area contributed by atoms with Crippen molar-refractivity contribution in [3.05, 3.63) is 53.9 Å². The fraction of sp³-hybridized carbons (Fsp3) is 0.444. The minimum atomic E-state index is -0.635. The molecule has 5 heteroatoms. The molecule has 1 aliphatic carbocycles. The zero-order valence-corrected chi connectivity index (χ0v) is 13.5. The molecular weight excluding hydrogens is 290 g/mol. The first-order valence-corrected chi connectivity index (χ1v) is 8.05. The van der Waals surface area contributed by atoms with Gasteiger partial charge in [-0.3, -0.25) is 14.4 Å². The van der Waals surface area contributed by atoms with Crippen LogP contribution < -0.4 is 0 Å². The zero-order valence-electron chi connectivity index (χ0n) is 13.5. The van der Waals surface area contributed by atoms with Crippen LogP contribution in [0.15, 0.2) is 42.7 Å². The smallest absolute Gasteiger partial charge is 0.179 e. The Morgan fingerprint density at radius 1 is 1.35 bits per heavy atom. The zero-order chi connectivity index (χ0) is 16.3. The van der Waals surface area contributed by atoms with Gasteiger partial charge >= 0.3 is 0 Å². The number of aromatic nitrogens is 2. The summed E-state index contributed by atoms with van der Waals surface area (Å²) in [5, 5.41) is 14.5. The molecule has 1 fully saturated rings. The van der Waals surface area contributed by atoms with Gasteiger partial charge in [-0.2, -0.15) is 5.10 Å². The fourth-order valence-corrected chi connectivity index (χ4v) is 3.03. The molecule has 2 aromatic rings. The molecule has 0 radical (unpaired) electrons. The minimum absolute atomic E-state index is 0.0388. The number of hydrogen-bond donors (Lipinski definition) is 1. The number of aryl methyl sites for hydroxylation is 1. The van der Waals surface area contributed by atoms with E-state index in [1.54, 1.807) is 24.1 Å². The molecule has 122 valence electrons. The maximum absolute atomic E-state index is 12.5. The highest BCUT2D eigenvalue weighted by molar-refractivity contribution is 5.97. The lowest BCUT2D eigenvalue weighted by molar-refractivity contribution is -0.0587. The molecule has 0 amide bonds. The first kappa shape index (κ1) is 15.9. The molecule has 3 rings (SSSR count). The van der Waals surface area contributed by atoms with Crippen molar-refractivity contribution in [1.29, 1.82) is 0 Å². The van der Waals surface area contributed by atoms with Crippen LogP contribution in [0.4, 0.5) is 0 Å². The number of Topliss-reactive ketones (excluding diaryl/α,β-unsaturated/α-hetero) is 1. The van der Waals surface area contributed by atoms with E-state index < -0.39 is 5.60 Å². The van der Waals surface area contributed by atoms with Gasteiger partial charge in [-0.25, -0.2) is 0 Å². The summed E-state index contributed by atoms with van der Waals surface area (Å²) >= 11 is 0. The standard InChI is InChI=1S/C18H23N3O2/c1-20-12-16(10-19-20)17(22)13-21(14-18(23)8-5-9-18)11-15-6-3-2-4-7-15/h2-4,6-7,10,12,23H,5,8-9,11,13-14H2,1H3. The van der Waals surface area contributed by atoms with Gasteiger partial charge in [0.15, 0.2) is 5.78 Å². The van der Waals surface area contributed by atoms with Crippen molar-refractivity contribution < 1.29 is 9.90 Å². The van der Waals surface area contributed by atoms with Gasteiger partial charge in [-0.1, -0.05) is 30.3 Å². The van der Waals surface area contributed by atoms with Crippen LogP contribution in [0.1, 0.15) is 35.2 Å². The Morgan fingerprint density at radius 2 is 2.09 bits per heavy atom. The molecule has 1 saturated carbocycles. The highest BCUT2D eigenvalue weighted by Gasteiger charge is 2.36. The minimum Gasteiger partial charge on any atom is -0.389 e. The topological polar surface area (TPSA) is 58.4 Å². The number of carbonyl (C=O) groups excluding carboxylic acids is 1. The van der Waals surface area contributed by atoms with E-state index in [2.05, 4.69) is 5.10 Å². The number of nitrogens with zero attached hydrogens (tertiary/aromatic N) is 3. The van der Waals surface area contributed by atoms with Gasteiger partial charge in [0.05, 0.1) is 23.9 Å². The maximum atomic E-state index is 12.5. The number of rotatable bonds is 7. The van der Waals surface area contributed by atoms with E-state index in [0.29, 0.717) is 25.2 Å². The molecule has 1 aliphatic rings. The van der Waals surface area contributed by atoms with Crippen molar-refractivity contribution in [2.24, 2.45) is 7.05 Å². The molecular formula is C18H23N3O2. The van der Waals surface area contributed by atoms with Gasteiger partial charge < -0.3 is 5.11 Å². The lowest BCUT2D eigenvalue weighted by atomic mass is 9.80. The van der Waals surface area contributed by atoms with Gasteiger partial charge in [0, 0.05) is 26.3 Å². The molecule has 0 spiro atoms. The summed E-state index contributed by atoms with van der Waals surface area (Å²) in [6, 6.07) is 10.1. The Balaban J connectivity index is 1.70. The van der Waals surface area contributed by atoms with Crippen molar-refractivity contribution in [3.63, 3.8) is 0 Å². The van der Waals surface area contributed by atoms with Crippen molar-refractivity contribution in [2.45, 2.75) is 31.4 Å². The molecule has 1 aromatic carbocycles. The average Bonchev–Trinajstić information content (AvgIpc) is 2.93. The molecule has 0 unspecified atom stereocenters. The summed E-state index contributed by atoms with van der Waals surface area (Å²) in [4.78, 5) is 14.5. The van der Waals surface area contributed by atoms with Gasteiger partial charge in [-0.15, -0.1) is 0 Å². The molecule has 0 atom stereocenters. The second-order valence-corrected chi connectivity index (χ2v) is 6.53. The Kier molecular flexibility index (Phi) is 4.59. The van der Waals surface area contributed by atoms with Crippen LogP contribution in [0, 0.1) is 0 Å². The van der Waals surface area contributed by atoms with Crippen LogP contribution in [-0.2, 0) is 13.6 Å². The van der Waals surface area contributed by atoms with Crippen molar-refractivity contribution in [3.8, 4) is 0 Å². The first-order valence-electron chi connectivity index (χ1n) is 8.05. The van der Waals surface area contributed by atoms with Gasteiger partial charge in [-0.05, 0) is 24.8 Å². The van der Waals surface area contributed by atoms with E-state index in [-0.39, 0.29) is 5.78 Å². The Bertz CT molecular complexity index is 662. The molecule has 1 heterocycles. The van der Waals surface area contributed by atoms with E-state index in [4.69, 9.17) is 0 Å². The van der Waals surface area contributed by atoms with E-state index in [1.165, 1.54) is 0 Å². The summed E-state index contributed by atoms with van der Waals surface area (Å²) in [5.41, 5.74) is 1.13. The number of hydrogen-bond acceptors (Lipinski definition) is 4. The van der Waals surface area contributed by atoms with E-state index >= 15 is 0 Å². The summed E-state index contributed by atoms with van der Waals surface area (Å²) < 4.78 is 1.63. The maximum Gasteiger partial charge on any atom is 0.179 e. The highest BCUT2D eigenvalue weighted by Crippen LogP contribution is 2.32. The van der Waals surface area contributed by atoms with Gasteiger partial charge in [0.2, 0.25) is 0 Å². The summed E-state index contributed by atoms with van der Waals surface area (Å²) in [6.07, 6.45) is 6.03. The second kappa shape index (κ2) is 6.64. The SMILES string of the molecule is Cn1cc(C(=O)CN(Cc2ccccc2)CC2(O)CCC2)cn1. The summed E-state index contributed by atoms with van der Waals surface area (Å²) in [6.45, 7) is 1.49. The molecule has 0 saturated heterocycles. The summed E-state index contributed by atoms with van der Waals surface area (Å²) in [7, 11) is 1.80. The second-order valence-electron chi connectivity index (χ2n) is 6.53. The molecule has 1 N–H and O–H groups in total. The van der Waals surface area contributed by atoms with Gasteiger partial charge in [0.1, 0.15) is 0 Å². The molecule has 1 aromatic heterocycles. The van der Waals surface area contributed by atoms with Crippen LogP contribution >= 0.6 is 0 Å². The quantitative estimate of drug-likeness (QED) is 0.795. The molecule has 0 aliphatic heterocycles. The lowest BCUT2D eigenvalue weighted by Crippen LogP contribution is -2.48. The Morgan fingerprint density at radius 3 is 2.65 bits per heavy atom. The third-order valence-corrected chi connectivity index (χ3v) is 4.45. The first-order chi connectivity index (χ1) is 11.0. The van der Waals surface area contributed by atoms with E-state index in [0.717, 1.165) is 24.8 Å². The largest absolute Gasteiger partial charge is 0.389 e. The number of benzene rings is 1. The average molecular weight is 313 g/mol. The predicted octanol–water partition coefficient (Wildman–Crippen LogP) is 2.02. The molecule has 5 nitrogen and oxygen atoms in total. The monoisotopic (exact) mass is 313 g/mol. The highest BCUT2D eigenvalue weighted by atomic mass is 16.3. The van der Waals surface area contributed by atoms with Crippen LogP contribution in [0.5, 0.6) is 0 Å². The van der Waals surface area contributed by atoms with Crippen molar-refractivity contribution in [2.75, 3.05) is 13.1 Å². The van der Waals surface area contributed by atoms with Crippen LogP contribution in [0.3, 0.4) is 0 Å². The van der Waals surface area contributed by atoms with Gasteiger partial charge in [0.25, 0.3) is 0 Å². The predicted molar refractivity (Wildman–Crippen MR) is 88.1 cm³/mol. The fourth-order valence-electron chi connectivity index (χ4n) is 3.03. The Labute approximate surface area is 136 Å². The Hall–Kier alpha value is -1.98. The van der Waals surface area contributed by atoms with E-state index in [9.17, 15) is 9.90 Å². The van der Waals surface area contributed by atoms with Crippen molar-refractivity contribution in [1.82, 2.24) is 14.7 Å². The third kappa shape index (κ3) is 4.06. The lowest BCUT2D eigenvalue weighted by Gasteiger charge is -2.40. The number of carbonyl (C=O) groups is 1. The molecule has 0 bridgehead atoms. The molecule has 23 heavy (non-hydrogen) atoms. The van der Waals surface area contributed by atoms with Crippen molar-refractivity contribution >= 4 is 5.78 Å². The van der Waals surface area contributed by atoms with Crippen LogP contribution in [0.2, 0.25) is 0 Å². The third-order valence-electron chi connectivity index (χ3n) is 4.45. The number of ketones is 1. The normalized spacial score (nSPS) is 16.3. The van der Waals surface area contributed by atoms with Crippen LogP contribution in [-0.4, -0.2) is 44.3 Å². The summed E-state index contributed by atoms with van der Waals surface area (Å²) in [5.74, 6) is 0.0388. The van der Waals surface area contributed by atoms with E-state index in [1.807, 2.05) is 35.2 Å².